The van der Waals surface area contributed by atoms with Crippen molar-refractivity contribution in [1.29, 1.82) is 0 Å². The quantitative estimate of drug-likeness (QED) is 0.296. The van der Waals surface area contributed by atoms with Crippen molar-refractivity contribution in [3.63, 3.8) is 0 Å². The number of rotatable bonds is 6. The molecule has 2 rings (SSSR count). The number of ether oxygens (including phenoxy) is 3. The molecule has 7 nitrogen and oxygen atoms in total. The number of esters is 3. The van der Waals surface area contributed by atoms with Crippen molar-refractivity contribution in [3.05, 3.63) is 35.5 Å². The Morgan fingerprint density at radius 2 is 1.71 bits per heavy atom. The van der Waals surface area contributed by atoms with Gasteiger partial charge in [0, 0.05) is 19.9 Å². The molecular formula is C24H34O7. The molecule has 2 aliphatic rings. The Hall–Kier alpha value is -2.41. The lowest BCUT2D eigenvalue weighted by molar-refractivity contribution is -0.217. The Labute approximate surface area is 184 Å². The lowest BCUT2D eigenvalue weighted by Crippen LogP contribution is -2.64. The lowest BCUT2D eigenvalue weighted by atomic mass is 9.53. The van der Waals surface area contributed by atoms with E-state index < -0.39 is 48.2 Å². The molecule has 0 heterocycles. The van der Waals surface area contributed by atoms with Gasteiger partial charge in [-0.1, -0.05) is 23.3 Å². The lowest BCUT2D eigenvalue weighted by Gasteiger charge is -2.56. The summed E-state index contributed by atoms with van der Waals surface area (Å²) in [6.07, 6.45) is 1.52. The smallest absolute Gasteiger partial charge is 0.331 e. The largest absolute Gasteiger partial charge is 0.462 e. The molecular weight excluding hydrogens is 400 g/mol. The molecule has 0 aromatic heterocycles. The van der Waals surface area contributed by atoms with Crippen molar-refractivity contribution in [2.75, 3.05) is 6.61 Å². The van der Waals surface area contributed by atoms with Gasteiger partial charge in [-0.3, -0.25) is 9.59 Å². The Balaban J connectivity index is 2.66. The summed E-state index contributed by atoms with van der Waals surface area (Å²) >= 11 is 0. The second kappa shape index (κ2) is 9.81. The van der Waals surface area contributed by atoms with Crippen molar-refractivity contribution in [2.24, 2.45) is 17.3 Å². The van der Waals surface area contributed by atoms with Crippen molar-refractivity contribution < 1.29 is 33.7 Å². The molecule has 7 heteroatoms. The van der Waals surface area contributed by atoms with E-state index in [9.17, 15) is 19.5 Å². The molecule has 0 bridgehead atoms. The van der Waals surface area contributed by atoms with Gasteiger partial charge in [0.05, 0.1) is 12.0 Å². The van der Waals surface area contributed by atoms with Crippen molar-refractivity contribution in [1.82, 2.24) is 0 Å². The van der Waals surface area contributed by atoms with Crippen LogP contribution < -0.4 is 0 Å². The molecule has 2 aliphatic carbocycles. The van der Waals surface area contributed by atoms with Crippen LogP contribution in [-0.4, -0.2) is 47.9 Å². The molecule has 31 heavy (non-hydrogen) atoms. The third-order valence-corrected chi connectivity index (χ3v) is 6.30. The molecule has 0 aromatic carbocycles. The minimum atomic E-state index is -1.15. The summed E-state index contributed by atoms with van der Waals surface area (Å²) in [6, 6.07) is 0. The van der Waals surface area contributed by atoms with E-state index >= 15 is 0 Å². The molecule has 0 amide bonds. The van der Waals surface area contributed by atoms with E-state index in [0.717, 1.165) is 16.7 Å². The Morgan fingerprint density at radius 1 is 1.10 bits per heavy atom. The Morgan fingerprint density at radius 3 is 2.19 bits per heavy atom. The summed E-state index contributed by atoms with van der Waals surface area (Å²) in [5.74, 6) is -1.83. The highest BCUT2D eigenvalue weighted by Gasteiger charge is 2.62. The van der Waals surface area contributed by atoms with Gasteiger partial charge in [0.1, 0.15) is 6.10 Å². The summed E-state index contributed by atoms with van der Waals surface area (Å²) in [6.45, 7) is 13.6. The van der Waals surface area contributed by atoms with Crippen LogP contribution in [0, 0.1) is 17.3 Å². The van der Waals surface area contributed by atoms with Gasteiger partial charge in [-0.05, 0) is 58.4 Å². The number of carbonyl (C=O) groups excluding carboxylic acids is 3. The van der Waals surface area contributed by atoms with E-state index in [4.69, 9.17) is 14.2 Å². The Kier molecular flexibility index (Phi) is 7.87. The predicted molar refractivity (Wildman–Crippen MR) is 115 cm³/mol. The first-order chi connectivity index (χ1) is 14.4. The minimum absolute atomic E-state index is 0.0665. The maximum absolute atomic E-state index is 12.6. The van der Waals surface area contributed by atoms with Gasteiger partial charge in [-0.25, -0.2) is 4.79 Å². The maximum Gasteiger partial charge on any atom is 0.331 e. The molecule has 0 aliphatic heterocycles. The summed E-state index contributed by atoms with van der Waals surface area (Å²) < 4.78 is 17.0. The summed E-state index contributed by atoms with van der Waals surface area (Å²) in [4.78, 5) is 36.4. The van der Waals surface area contributed by atoms with Crippen LogP contribution in [0.3, 0.4) is 0 Å². The molecule has 6 atom stereocenters. The van der Waals surface area contributed by atoms with Crippen LogP contribution in [0.15, 0.2) is 35.5 Å². The van der Waals surface area contributed by atoms with Crippen LogP contribution in [0.5, 0.6) is 0 Å². The number of aliphatic hydroxyl groups excluding tert-OH is 1. The highest BCUT2D eigenvalue weighted by Crippen LogP contribution is 2.55. The summed E-state index contributed by atoms with van der Waals surface area (Å²) in [5, 5.41) is 10.7. The van der Waals surface area contributed by atoms with Crippen LogP contribution in [0.1, 0.15) is 54.4 Å². The molecule has 0 aromatic rings. The van der Waals surface area contributed by atoms with Crippen molar-refractivity contribution in [2.45, 2.75) is 72.7 Å². The monoisotopic (exact) mass is 434 g/mol. The van der Waals surface area contributed by atoms with Gasteiger partial charge < -0.3 is 19.3 Å². The first-order valence-electron chi connectivity index (χ1n) is 10.6. The summed E-state index contributed by atoms with van der Waals surface area (Å²) in [7, 11) is 0. The molecule has 6 unspecified atom stereocenters. The Bertz CT molecular complexity index is 805. The number of hydrogen-bond donors (Lipinski definition) is 1. The second-order valence-electron chi connectivity index (χ2n) is 9.00. The van der Waals surface area contributed by atoms with E-state index in [1.165, 1.54) is 19.9 Å². The van der Waals surface area contributed by atoms with Crippen LogP contribution in [-0.2, 0) is 28.6 Å². The number of hydrogen-bond acceptors (Lipinski definition) is 7. The highest BCUT2D eigenvalue weighted by molar-refractivity contribution is 5.83. The molecule has 1 N–H and O–H groups in total. The van der Waals surface area contributed by atoms with Crippen LogP contribution in [0.4, 0.5) is 0 Å². The van der Waals surface area contributed by atoms with E-state index in [0.29, 0.717) is 12.8 Å². The zero-order valence-electron chi connectivity index (χ0n) is 19.3. The molecule has 1 fully saturated rings. The molecule has 1 saturated carbocycles. The fourth-order valence-electron chi connectivity index (χ4n) is 4.98. The average molecular weight is 435 g/mol. The standard InChI is InChI=1S/C24H34O7/c1-13(2)8-22(28)31-23-20(29-16(6)26)9-15(5)19-10-18(14(3)4)11-21(30-17(7)27)24(19,23)12-25/h8-9,18-21,23,25H,3,10-12H2,1-2,4-7H3. The molecule has 0 radical (unpaired) electrons. The fraction of sp³-hybridized carbons (Fsp3) is 0.625. The average Bonchev–Trinajstić information content (AvgIpc) is 2.63. The number of aliphatic hydroxyl groups is 1. The highest BCUT2D eigenvalue weighted by atomic mass is 16.6. The minimum Gasteiger partial charge on any atom is -0.462 e. The number of carbonyl (C=O) groups is 3. The normalized spacial score (nSPS) is 32.1. The molecule has 172 valence electrons. The van der Waals surface area contributed by atoms with Crippen molar-refractivity contribution in [3.8, 4) is 0 Å². The number of fused-ring (bicyclic) bond motifs is 1. The second-order valence-corrected chi connectivity index (χ2v) is 9.00. The third kappa shape index (κ3) is 5.26. The molecule has 0 spiro atoms. The van der Waals surface area contributed by atoms with Gasteiger partial charge >= 0.3 is 17.9 Å². The van der Waals surface area contributed by atoms with Gasteiger partial charge in [0.15, 0.2) is 12.2 Å². The van der Waals surface area contributed by atoms with Gasteiger partial charge in [0.25, 0.3) is 0 Å². The van der Waals surface area contributed by atoms with Crippen LogP contribution >= 0.6 is 0 Å². The first-order valence-corrected chi connectivity index (χ1v) is 10.6. The van der Waals surface area contributed by atoms with Crippen LogP contribution in [0.25, 0.3) is 0 Å². The van der Waals surface area contributed by atoms with Crippen molar-refractivity contribution >= 4 is 17.9 Å². The van der Waals surface area contributed by atoms with E-state index in [1.807, 2.05) is 13.8 Å². The van der Waals surface area contributed by atoms with E-state index in [1.54, 1.807) is 19.9 Å². The maximum atomic E-state index is 12.6. The number of allylic oxidation sites excluding steroid dienone is 3. The first kappa shape index (κ1) is 24.9. The topological polar surface area (TPSA) is 99.1 Å². The predicted octanol–water partition coefficient (Wildman–Crippen LogP) is 3.27. The van der Waals surface area contributed by atoms with E-state index in [-0.39, 0.29) is 11.8 Å². The van der Waals surface area contributed by atoms with Gasteiger partial charge in [-0.15, -0.1) is 0 Å². The summed E-state index contributed by atoms with van der Waals surface area (Å²) in [5.41, 5.74) is 1.44. The molecule has 0 saturated heterocycles. The van der Waals surface area contributed by atoms with Gasteiger partial charge in [0.2, 0.25) is 0 Å². The van der Waals surface area contributed by atoms with Crippen LogP contribution in [0.2, 0.25) is 0 Å². The fourth-order valence-corrected chi connectivity index (χ4v) is 4.98. The zero-order chi connectivity index (χ0) is 23.5. The van der Waals surface area contributed by atoms with E-state index in [2.05, 4.69) is 6.58 Å². The van der Waals surface area contributed by atoms with Gasteiger partial charge in [-0.2, -0.15) is 0 Å². The third-order valence-electron chi connectivity index (χ3n) is 6.30. The zero-order valence-corrected chi connectivity index (χ0v) is 19.3. The SMILES string of the molecule is C=C(C)C1CC(OC(C)=O)C2(CO)C(C1)C(C)=CC(OC(C)=O)C2OC(=O)C=C(C)C.